The molecule has 1 amide bonds. The van der Waals surface area contributed by atoms with Crippen LogP contribution in [0.25, 0.3) is 6.08 Å². The lowest BCUT2D eigenvalue weighted by Gasteiger charge is -2.27. The zero-order valence-corrected chi connectivity index (χ0v) is 20.8. The SMILES string of the molecule is O=C(CC1(O)C(=O)N(Cc2ccccc2Cl)c2ccc(Cl)cc21)C1CCC/C(=C/c2ccco2)C1=O. The highest BCUT2D eigenvalue weighted by Gasteiger charge is 2.52. The van der Waals surface area contributed by atoms with E-state index in [2.05, 4.69) is 0 Å². The normalized spacial score (nSPS) is 22.8. The lowest BCUT2D eigenvalue weighted by atomic mass is 9.77. The van der Waals surface area contributed by atoms with Crippen LogP contribution in [0, 0.1) is 5.92 Å². The number of benzene rings is 2. The number of anilines is 1. The van der Waals surface area contributed by atoms with E-state index in [1.165, 1.54) is 17.2 Å². The number of halogens is 2. The van der Waals surface area contributed by atoms with Crippen molar-refractivity contribution in [2.75, 3.05) is 4.90 Å². The molecular formula is C28H23Cl2NO5. The smallest absolute Gasteiger partial charge is 0.264 e. The van der Waals surface area contributed by atoms with E-state index in [1.54, 1.807) is 48.5 Å². The van der Waals surface area contributed by atoms with Gasteiger partial charge in [0.2, 0.25) is 0 Å². The van der Waals surface area contributed by atoms with Gasteiger partial charge < -0.3 is 14.4 Å². The van der Waals surface area contributed by atoms with E-state index in [4.69, 9.17) is 27.6 Å². The van der Waals surface area contributed by atoms with E-state index in [0.717, 1.165) is 0 Å². The molecule has 0 spiro atoms. The summed E-state index contributed by atoms with van der Waals surface area (Å²) in [6.45, 7) is 0.113. The quantitative estimate of drug-likeness (QED) is 0.329. The first-order valence-corrected chi connectivity index (χ1v) is 12.4. The van der Waals surface area contributed by atoms with E-state index >= 15 is 0 Å². The molecule has 1 aromatic heterocycles. The number of hydrogen-bond acceptors (Lipinski definition) is 5. The van der Waals surface area contributed by atoms with Gasteiger partial charge >= 0.3 is 0 Å². The van der Waals surface area contributed by atoms with Gasteiger partial charge in [0.1, 0.15) is 11.5 Å². The summed E-state index contributed by atoms with van der Waals surface area (Å²) in [5, 5.41) is 12.5. The van der Waals surface area contributed by atoms with Gasteiger partial charge in [-0.2, -0.15) is 0 Å². The first-order chi connectivity index (χ1) is 17.3. The molecule has 5 rings (SSSR count). The Kier molecular flexibility index (Phi) is 6.60. The van der Waals surface area contributed by atoms with Gasteiger partial charge in [-0.15, -0.1) is 0 Å². The third kappa shape index (κ3) is 4.41. The summed E-state index contributed by atoms with van der Waals surface area (Å²) >= 11 is 12.5. The number of allylic oxidation sites excluding steroid dienone is 1. The predicted molar refractivity (Wildman–Crippen MR) is 137 cm³/mol. The predicted octanol–water partition coefficient (Wildman–Crippen LogP) is 5.73. The molecule has 184 valence electrons. The standard InChI is InChI=1S/C28H23Cl2NO5/c29-19-10-11-24-22(14-19)28(35,27(34)31(24)16-18-5-1-2-9-23(18)30)15-25(32)21-8-3-6-17(26(21)33)13-20-7-4-12-36-20/h1-2,4-5,7,9-14,21,35H,3,6,8,15-16H2/b17-13-. The molecule has 2 heterocycles. The molecule has 0 bridgehead atoms. The number of aliphatic hydroxyl groups is 1. The molecule has 1 saturated carbocycles. The van der Waals surface area contributed by atoms with Gasteiger partial charge in [0, 0.05) is 22.0 Å². The maximum atomic E-state index is 13.6. The maximum Gasteiger partial charge on any atom is 0.264 e. The number of carbonyl (C=O) groups excluding carboxylic acids is 3. The van der Waals surface area contributed by atoms with E-state index in [9.17, 15) is 19.5 Å². The summed E-state index contributed by atoms with van der Waals surface area (Å²) in [7, 11) is 0. The van der Waals surface area contributed by atoms with E-state index < -0.39 is 29.6 Å². The summed E-state index contributed by atoms with van der Waals surface area (Å²) < 4.78 is 5.31. The second kappa shape index (κ2) is 9.69. The average Bonchev–Trinajstić information content (AvgIpc) is 3.43. The molecule has 1 aliphatic carbocycles. The van der Waals surface area contributed by atoms with Crippen LogP contribution in [-0.2, 0) is 26.5 Å². The molecule has 2 aliphatic rings. The topological polar surface area (TPSA) is 87.8 Å². The highest BCUT2D eigenvalue weighted by Crippen LogP contribution is 2.45. The number of nitrogens with zero attached hydrogens (tertiary/aromatic N) is 1. The molecule has 3 aromatic rings. The van der Waals surface area contributed by atoms with Crippen LogP contribution in [-0.4, -0.2) is 22.6 Å². The van der Waals surface area contributed by atoms with Crippen LogP contribution >= 0.6 is 23.2 Å². The number of ketones is 2. The number of fused-ring (bicyclic) bond motifs is 1. The maximum absolute atomic E-state index is 13.6. The third-order valence-electron chi connectivity index (χ3n) is 6.83. The monoisotopic (exact) mass is 523 g/mol. The van der Waals surface area contributed by atoms with Crippen molar-refractivity contribution in [2.24, 2.45) is 5.92 Å². The minimum absolute atomic E-state index is 0.113. The van der Waals surface area contributed by atoms with Crippen molar-refractivity contribution in [3.8, 4) is 0 Å². The Morgan fingerprint density at radius 2 is 1.94 bits per heavy atom. The van der Waals surface area contributed by atoms with Gasteiger partial charge in [0.25, 0.3) is 5.91 Å². The van der Waals surface area contributed by atoms with Crippen LogP contribution in [0.4, 0.5) is 5.69 Å². The molecule has 1 N–H and O–H groups in total. The zero-order chi connectivity index (χ0) is 25.4. The summed E-state index contributed by atoms with van der Waals surface area (Å²) in [6, 6.07) is 15.3. The Bertz CT molecular complexity index is 1380. The Morgan fingerprint density at radius 1 is 1.14 bits per heavy atom. The number of rotatable bonds is 6. The molecule has 36 heavy (non-hydrogen) atoms. The molecule has 0 radical (unpaired) electrons. The fourth-order valence-corrected chi connectivity index (χ4v) is 5.36. The Labute approximate surface area is 218 Å². The summed E-state index contributed by atoms with van der Waals surface area (Å²) in [5.41, 5.74) is -0.244. The molecule has 1 fully saturated rings. The van der Waals surface area contributed by atoms with Crippen molar-refractivity contribution < 1.29 is 23.9 Å². The van der Waals surface area contributed by atoms with Crippen molar-refractivity contribution >= 4 is 52.4 Å². The van der Waals surface area contributed by atoms with Crippen molar-refractivity contribution in [3.63, 3.8) is 0 Å². The van der Waals surface area contributed by atoms with Crippen LogP contribution in [0.5, 0.6) is 0 Å². The second-order valence-corrected chi connectivity index (χ2v) is 9.99. The van der Waals surface area contributed by atoms with Crippen LogP contribution in [0.3, 0.4) is 0 Å². The fourth-order valence-electron chi connectivity index (χ4n) is 4.99. The Hall–Kier alpha value is -3.19. The molecule has 2 unspecified atom stereocenters. The number of furan rings is 1. The molecule has 2 aromatic carbocycles. The minimum atomic E-state index is -2.14. The average molecular weight is 524 g/mol. The first-order valence-electron chi connectivity index (χ1n) is 11.7. The van der Waals surface area contributed by atoms with Crippen molar-refractivity contribution in [1.29, 1.82) is 0 Å². The second-order valence-electron chi connectivity index (χ2n) is 9.14. The van der Waals surface area contributed by atoms with Crippen molar-refractivity contribution in [3.05, 3.63) is 93.4 Å². The summed E-state index contributed by atoms with van der Waals surface area (Å²) in [4.78, 5) is 41.6. The van der Waals surface area contributed by atoms with Crippen molar-refractivity contribution in [1.82, 2.24) is 0 Å². The molecule has 2 atom stereocenters. The number of Topliss-reactive ketones (excluding diaryl/α,β-unsaturated/α-hetero) is 2. The molecule has 0 saturated heterocycles. The molecule has 1 aliphatic heterocycles. The number of amides is 1. The van der Waals surface area contributed by atoms with Gasteiger partial charge in [-0.1, -0.05) is 41.4 Å². The van der Waals surface area contributed by atoms with Crippen LogP contribution in [0.15, 0.2) is 70.9 Å². The number of carbonyl (C=O) groups is 3. The Balaban J connectivity index is 1.44. The molecule has 6 nitrogen and oxygen atoms in total. The van der Waals surface area contributed by atoms with Crippen LogP contribution in [0.2, 0.25) is 10.0 Å². The number of hydrogen-bond donors (Lipinski definition) is 1. The van der Waals surface area contributed by atoms with Gasteiger partial charge in [-0.05, 0) is 72.9 Å². The van der Waals surface area contributed by atoms with E-state index in [1.807, 2.05) is 6.07 Å². The largest absolute Gasteiger partial charge is 0.465 e. The lowest BCUT2D eigenvalue weighted by Crippen LogP contribution is -2.43. The van der Waals surface area contributed by atoms with Gasteiger partial charge in [0.15, 0.2) is 11.4 Å². The van der Waals surface area contributed by atoms with Gasteiger partial charge in [-0.25, -0.2) is 0 Å². The van der Waals surface area contributed by atoms with Gasteiger partial charge in [0.05, 0.1) is 24.4 Å². The molecule has 8 heteroatoms. The minimum Gasteiger partial charge on any atom is -0.465 e. The molecular weight excluding hydrogens is 501 g/mol. The van der Waals surface area contributed by atoms with E-state index in [0.29, 0.717) is 51.9 Å². The Morgan fingerprint density at radius 3 is 2.69 bits per heavy atom. The lowest BCUT2D eigenvalue weighted by molar-refractivity contribution is -0.145. The third-order valence-corrected chi connectivity index (χ3v) is 7.43. The van der Waals surface area contributed by atoms with Gasteiger partial charge in [-0.3, -0.25) is 14.4 Å². The zero-order valence-electron chi connectivity index (χ0n) is 19.2. The summed E-state index contributed by atoms with van der Waals surface area (Å²) in [6.07, 6.45) is 4.18. The van der Waals surface area contributed by atoms with Crippen LogP contribution < -0.4 is 4.90 Å². The fraction of sp³-hybridized carbons (Fsp3) is 0.250. The highest BCUT2D eigenvalue weighted by atomic mass is 35.5. The summed E-state index contributed by atoms with van der Waals surface area (Å²) in [5.74, 6) is -1.82. The highest BCUT2D eigenvalue weighted by molar-refractivity contribution is 6.31. The van der Waals surface area contributed by atoms with Crippen molar-refractivity contribution in [2.45, 2.75) is 37.8 Å². The van der Waals surface area contributed by atoms with Crippen LogP contribution in [0.1, 0.15) is 42.6 Å². The first kappa shape index (κ1) is 24.5. The van der Waals surface area contributed by atoms with E-state index in [-0.39, 0.29) is 17.9 Å².